The molecule has 3 heterocycles. The van der Waals surface area contributed by atoms with Gasteiger partial charge in [0.05, 0.1) is 10.4 Å². The molecule has 0 aliphatic carbocycles. The molecule has 0 aromatic carbocycles. The van der Waals surface area contributed by atoms with Gasteiger partial charge in [0.15, 0.2) is 0 Å². The maximum atomic E-state index is 10.4. The molecule has 1 aromatic heterocycles. The van der Waals surface area contributed by atoms with Gasteiger partial charge in [0.1, 0.15) is 0 Å². The lowest BCUT2D eigenvalue weighted by molar-refractivity contribution is 0.0372. The third-order valence-electron chi connectivity index (χ3n) is 4.72. The van der Waals surface area contributed by atoms with Gasteiger partial charge in [-0.2, -0.15) is 0 Å². The Morgan fingerprint density at radius 2 is 2.06 bits per heavy atom. The number of aliphatic hydroxyl groups is 1. The smallest absolute Gasteiger partial charge is 0.0931 e. The molecular formula is C14H20ClNOS. The third kappa shape index (κ3) is 2.46. The fourth-order valence-corrected chi connectivity index (χ4v) is 4.74. The van der Waals surface area contributed by atoms with Crippen molar-refractivity contribution >= 4 is 22.9 Å². The van der Waals surface area contributed by atoms with E-state index in [1.807, 2.05) is 12.1 Å². The molecule has 1 aromatic rings. The molecule has 2 aliphatic heterocycles. The summed E-state index contributed by atoms with van der Waals surface area (Å²) in [5.74, 6) is 0.472. The van der Waals surface area contributed by atoms with E-state index in [2.05, 4.69) is 11.9 Å². The van der Waals surface area contributed by atoms with E-state index < -0.39 is 0 Å². The van der Waals surface area contributed by atoms with Gasteiger partial charge in [-0.3, -0.25) is 0 Å². The lowest BCUT2D eigenvalue weighted by atomic mass is 9.85. The number of hydrogen-bond donors (Lipinski definition) is 1. The van der Waals surface area contributed by atoms with E-state index in [0.29, 0.717) is 18.0 Å². The molecule has 2 bridgehead atoms. The van der Waals surface area contributed by atoms with Crippen LogP contribution in [-0.2, 0) is 6.42 Å². The Morgan fingerprint density at radius 1 is 1.39 bits per heavy atom. The first-order valence-corrected chi connectivity index (χ1v) is 7.97. The number of halogens is 1. The number of aliphatic hydroxyl groups excluding tert-OH is 1. The van der Waals surface area contributed by atoms with Gasteiger partial charge in [0, 0.05) is 23.4 Å². The molecule has 3 unspecified atom stereocenters. The predicted molar refractivity (Wildman–Crippen MR) is 76.3 cm³/mol. The Kier molecular flexibility index (Phi) is 3.68. The molecule has 2 aliphatic rings. The summed E-state index contributed by atoms with van der Waals surface area (Å²) in [4.78, 5) is 3.73. The Labute approximate surface area is 118 Å². The summed E-state index contributed by atoms with van der Waals surface area (Å²) in [5, 5.41) is 10.4. The third-order valence-corrected chi connectivity index (χ3v) is 5.97. The Bertz CT molecular complexity index is 408. The van der Waals surface area contributed by atoms with E-state index in [-0.39, 0.29) is 6.10 Å². The highest BCUT2D eigenvalue weighted by molar-refractivity contribution is 7.16. The molecule has 2 fully saturated rings. The number of hydrogen-bond acceptors (Lipinski definition) is 3. The fraction of sp³-hybridized carbons (Fsp3) is 0.714. The zero-order valence-electron chi connectivity index (χ0n) is 10.7. The van der Waals surface area contributed by atoms with E-state index in [1.165, 1.54) is 17.7 Å². The Morgan fingerprint density at radius 3 is 2.61 bits per heavy atom. The molecule has 18 heavy (non-hydrogen) atoms. The Hall–Kier alpha value is -0.0900. The molecule has 2 saturated heterocycles. The van der Waals surface area contributed by atoms with Crippen molar-refractivity contribution in [3.8, 4) is 0 Å². The van der Waals surface area contributed by atoms with E-state index in [4.69, 9.17) is 11.6 Å². The molecule has 1 N–H and O–H groups in total. The quantitative estimate of drug-likeness (QED) is 0.922. The number of nitrogens with zero attached hydrogens (tertiary/aromatic N) is 1. The Balaban J connectivity index is 1.62. The first-order valence-electron chi connectivity index (χ1n) is 6.77. The van der Waals surface area contributed by atoms with Crippen LogP contribution in [0.2, 0.25) is 4.34 Å². The van der Waals surface area contributed by atoms with Crippen LogP contribution in [0.25, 0.3) is 0 Å². The van der Waals surface area contributed by atoms with Crippen LogP contribution < -0.4 is 0 Å². The summed E-state index contributed by atoms with van der Waals surface area (Å²) < 4.78 is 0.820. The van der Waals surface area contributed by atoms with Crippen LogP contribution >= 0.6 is 22.9 Å². The van der Waals surface area contributed by atoms with Crippen LogP contribution in [-0.4, -0.2) is 35.2 Å². The van der Waals surface area contributed by atoms with Crippen molar-refractivity contribution in [2.45, 2.75) is 50.3 Å². The number of piperidine rings is 1. The number of fused-ring (bicyclic) bond motifs is 2. The van der Waals surface area contributed by atoms with E-state index in [1.54, 1.807) is 11.3 Å². The summed E-state index contributed by atoms with van der Waals surface area (Å²) in [7, 11) is 2.24. The second-order valence-corrected chi connectivity index (χ2v) is 7.56. The van der Waals surface area contributed by atoms with Crippen LogP contribution in [0.1, 0.15) is 30.6 Å². The van der Waals surface area contributed by atoms with Crippen molar-refractivity contribution in [3.63, 3.8) is 0 Å². The zero-order valence-corrected chi connectivity index (χ0v) is 12.3. The van der Waals surface area contributed by atoms with Crippen molar-refractivity contribution < 1.29 is 5.11 Å². The maximum absolute atomic E-state index is 10.4. The van der Waals surface area contributed by atoms with Gasteiger partial charge in [0.2, 0.25) is 0 Å². The van der Waals surface area contributed by atoms with Crippen LogP contribution in [0.4, 0.5) is 0 Å². The largest absolute Gasteiger partial charge is 0.392 e. The molecule has 100 valence electrons. The summed E-state index contributed by atoms with van der Waals surface area (Å²) >= 11 is 7.53. The van der Waals surface area contributed by atoms with E-state index in [9.17, 15) is 5.11 Å². The van der Waals surface area contributed by atoms with Gasteiger partial charge in [-0.05, 0) is 50.8 Å². The molecule has 3 atom stereocenters. The van der Waals surface area contributed by atoms with Gasteiger partial charge in [-0.25, -0.2) is 0 Å². The van der Waals surface area contributed by atoms with Crippen molar-refractivity contribution in [1.29, 1.82) is 0 Å². The lowest BCUT2D eigenvalue weighted by Gasteiger charge is -2.38. The SMILES string of the molecule is CN1C2CCC1CC(C(O)Cc1ccc(Cl)s1)C2. The average Bonchev–Trinajstić information content (AvgIpc) is 2.80. The first kappa shape index (κ1) is 12.9. The van der Waals surface area contributed by atoms with Gasteiger partial charge >= 0.3 is 0 Å². The topological polar surface area (TPSA) is 23.5 Å². The molecule has 4 heteroatoms. The van der Waals surface area contributed by atoms with Crippen molar-refractivity contribution in [2.24, 2.45) is 5.92 Å². The number of thiophene rings is 1. The zero-order chi connectivity index (χ0) is 12.7. The fourth-order valence-electron chi connectivity index (χ4n) is 3.60. The van der Waals surface area contributed by atoms with Crippen molar-refractivity contribution in [1.82, 2.24) is 4.90 Å². The van der Waals surface area contributed by atoms with Crippen LogP contribution in [0.3, 0.4) is 0 Å². The molecule has 0 saturated carbocycles. The van der Waals surface area contributed by atoms with Crippen LogP contribution in [0.5, 0.6) is 0 Å². The van der Waals surface area contributed by atoms with Crippen molar-refractivity contribution in [2.75, 3.05) is 7.05 Å². The van der Waals surface area contributed by atoms with E-state index in [0.717, 1.165) is 23.6 Å². The average molecular weight is 286 g/mol. The molecule has 2 nitrogen and oxygen atoms in total. The van der Waals surface area contributed by atoms with E-state index >= 15 is 0 Å². The monoisotopic (exact) mass is 285 g/mol. The standard InChI is InChI=1S/C14H20ClNOS/c1-16-10-2-3-11(16)7-9(6-10)13(17)8-12-4-5-14(15)18-12/h4-5,9-11,13,17H,2-3,6-8H2,1H3. The predicted octanol–water partition coefficient (Wildman–Crippen LogP) is 3.18. The normalized spacial score (nSPS) is 33.8. The highest BCUT2D eigenvalue weighted by Crippen LogP contribution is 2.39. The molecule has 0 spiro atoms. The molecule has 0 amide bonds. The van der Waals surface area contributed by atoms with Crippen LogP contribution in [0, 0.1) is 5.92 Å². The highest BCUT2D eigenvalue weighted by atomic mass is 35.5. The second kappa shape index (κ2) is 5.12. The van der Waals surface area contributed by atoms with Gasteiger partial charge in [-0.15, -0.1) is 11.3 Å². The minimum absolute atomic E-state index is 0.198. The minimum Gasteiger partial charge on any atom is -0.392 e. The second-order valence-electron chi connectivity index (χ2n) is 5.76. The lowest BCUT2D eigenvalue weighted by Crippen LogP contribution is -2.43. The summed E-state index contributed by atoms with van der Waals surface area (Å²) in [6, 6.07) is 5.37. The summed E-state index contributed by atoms with van der Waals surface area (Å²) in [6.07, 6.45) is 5.52. The van der Waals surface area contributed by atoms with Crippen LogP contribution in [0.15, 0.2) is 12.1 Å². The molecular weight excluding hydrogens is 266 g/mol. The minimum atomic E-state index is -0.198. The van der Waals surface area contributed by atoms with Crippen molar-refractivity contribution in [3.05, 3.63) is 21.3 Å². The van der Waals surface area contributed by atoms with Gasteiger partial charge in [0.25, 0.3) is 0 Å². The number of rotatable bonds is 3. The summed E-state index contributed by atoms with van der Waals surface area (Å²) in [5.41, 5.74) is 0. The highest BCUT2D eigenvalue weighted by Gasteiger charge is 2.40. The maximum Gasteiger partial charge on any atom is 0.0931 e. The first-order chi connectivity index (χ1) is 8.63. The van der Waals surface area contributed by atoms with Gasteiger partial charge in [-0.1, -0.05) is 11.6 Å². The summed E-state index contributed by atoms with van der Waals surface area (Å²) in [6.45, 7) is 0. The molecule has 0 radical (unpaired) electrons. The molecule has 3 rings (SSSR count). The van der Waals surface area contributed by atoms with Gasteiger partial charge < -0.3 is 10.0 Å².